The van der Waals surface area contributed by atoms with Crippen molar-refractivity contribution < 1.29 is 9.90 Å². The van der Waals surface area contributed by atoms with E-state index in [4.69, 9.17) is 0 Å². The lowest BCUT2D eigenvalue weighted by Crippen LogP contribution is -1.93. The number of thioether (sulfide) groups is 1. The van der Waals surface area contributed by atoms with Crippen molar-refractivity contribution >= 4 is 34.3 Å². The minimum Gasteiger partial charge on any atom is -0.493 e. The number of nitrogens with zero attached hydrogens (tertiary/aromatic N) is 3. The average molecular weight is 339 g/mol. The van der Waals surface area contributed by atoms with Gasteiger partial charge in [0.15, 0.2) is 5.69 Å². The number of rotatable bonds is 5. The van der Waals surface area contributed by atoms with E-state index in [-0.39, 0.29) is 11.8 Å². The molecule has 0 aliphatic carbocycles. The van der Waals surface area contributed by atoms with Crippen molar-refractivity contribution in [1.29, 1.82) is 0 Å². The third-order valence-electron chi connectivity index (χ3n) is 3.64. The zero-order chi connectivity index (χ0) is 16.9. The molecule has 24 heavy (non-hydrogen) atoms. The summed E-state index contributed by atoms with van der Waals surface area (Å²) in [5.74, 6) is 0.348. The first-order valence-corrected chi connectivity index (χ1v) is 8.54. The molecule has 2 aromatic carbocycles. The van der Waals surface area contributed by atoms with Gasteiger partial charge in [-0.15, -0.1) is 22.0 Å². The van der Waals surface area contributed by atoms with Crippen LogP contribution in [0.5, 0.6) is 5.88 Å². The Morgan fingerprint density at radius 1 is 1.12 bits per heavy atom. The molecular formula is C18H17N3O2S. The lowest BCUT2D eigenvalue weighted by molar-refractivity contribution is -0.117. The van der Waals surface area contributed by atoms with E-state index in [1.165, 1.54) is 0 Å². The predicted octanol–water partition coefficient (Wildman–Crippen LogP) is 4.68. The van der Waals surface area contributed by atoms with Gasteiger partial charge in [-0.3, -0.25) is 4.79 Å². The van der Waals surface area contributed by atoms with Crippen molar-refractivity contribution in [3.05, 3.63) is 54.6 Å². The first kappa shape index (κ1) is 16.3. The molecule has 0 aliphatic heterocycles. The molecule has 1 aromatic heterocycles. The Hall–Kier alpha value is -2.60. The Balaban J connectivity index is 1.65. The summed E-state index contributed by atoms with van der Waals surface area (Å²) in [4.78, 5) is 13.0. The van der Waals surface area contributed by atoms with Crippen LogP contribution in [0.3, 0.4) is 0 Å². The third-order valence-corrected chi connectivity index (χ3v) is 4.65. The number of fused-ring (bicyclic) bond motifs is 1. The number of para-hydroxylation sites is 1. The Kier molecular flexibility index (Phi) is 4.96. The van der Waals surface area contributed by atoms with Crippen LogP contribution in [0.25, 0.3) is 10.9 Å². The van der Waals surface area contributed by atoms with Gasteiger partial charge in [-0.1, -0.05) is 36.4 Å². The summed E-state index contributed by atoms with van der Waals surface area (Å²) in [6.07, 6.45) is 0.300. The third kappa shape index (κ3) is 3.49. The molecule has 0 atom stereocenters. The fourth-order valence-electron chi connectivity index (χ4n) is 2.39. The molecule has 1 N–H and O–H groups in total. The van der Waals surface area contributed by atoms with E-state index in [9.17, 15) is 9.90 Å². The van der Waals surface area contributed by atoms with Gasteiger partial charge in [0.25, 0.3) is 5.91 Å². The van der Waals surface area contributed by atoms with E-state index in [0.717, 1.165) is 15.8 Å². The lowest BCUT2D eigenvalue weighted by Gasteiger charge is -1.98. The number of azo groups is 1. The summed E-state index contributed by atoms with van der Waals surface area (Å²) in [7, 11) is 1.75. The Labute approximate surface area is 144 Å². The first-order valence-electron chi connectivity index (χ1n) is 7.55. The molecule has 0 fully saturated rings. The smallest absolute Gasteiger partial charge is 0.265 e. The van der Waals surface area contributed by atoms with Gasteiger partial charge in [0.2, 0.25) is 5.88 Å². The van der Waals surface area contributed by atoms with Crippen LogP contribution in [0.4, 0.5) is 5.69 Å². The Morgan fingerprint density at radius 2 is 1.83 bits per heavy atom. The molecular weight excluding hydrogens is 322 g/mol. The van der Waals surface area contributed by atoms with E-state index in [2.05, 4.69) is 10.2 Å². The van der Waals surface area contributed by atoms with Crippen LogP contribution >= 0.6 is 11.8 Å². The molecule has 0 spiro atoms. The highest BCUT2D eigenvalue weighted by Crippen LogP contribution is 2.37. The summed E-state index contributed by atoms with van der Waals surface area (Å²) in [6, 6.07) is 17.4. The second-order valence-electron chi connectivity index (χ2n) is 5.25. The van der Waals surface area contributed by atoms with E-state index in [0.29, 0.717) is 17.9 Å². The fourth-order valence-corrected chi connectivity index (χ4v) is 3.25. The standard InChI is InChI=1S/C18H17N3O2S/c1-21-15-10-6-5-9-14(15)17(18(21)23)20-19-16(22)11-12-24-13-7-3-2-4-8-13/h2-10,23H,11-12H2,1H3. The summed E-state index contributed by atoms with van der Waals surface area (Å²) < 4.78 is 1.62. The van der Waals surface area contributed by atoms with Crippen molar-refractivity contribution in [2.24, 2.45) is 17.3 Å². The topological polar surface area (TPSA) is 66.9 Å². The maximum absolute atomic E-state index is 11.9. The highest BCUT2D eigenvalue weighted by molar-refractivity contribution is 7.99. The van der Waals surface area contributed by atoms with Gasteiger partial charge in [-0.05, 0) is 18.2 Å². The van der Waals surface area contributed by atoms with Gasteiger partial charge in [0.05, 0.1) is 5.52 Å². The quantitative estimate of drug-likeness (QED) is 0.542. The van der Waals surface area contributed by atoms with Crippen molar-refractivity contribution in [2.75, 3.05) is 5.75 Å². The minimum absolute atomic E-state index is 0.00594. The molecule has 0 bridgehead atoms. The van der Waals surface area contributed by atoms with Gasteiger partial charge in [-0.25, -0.2) is 0 Å². The minimum atomic E-state index is -0.300. The van der Waals surface area contributed by atoms with Gasteiger partial charge in [-0.2, -0.15) is 0 Å². The van der Waals surface area contributed by atoms with Crippen molar-refractivity contribution in [3.8, 4) is 5.88 Å². The highest BCUT2D eigenvalue weighted by Gasteiger charge is 2.13. The molecule has 0 saturated heterocycles. The molecule has 0 radical (unpaired) electrons. The van der Waals surface area contributed by atoms with E-state index < -0.39 is 0 Å². The van der Waals surface area contributed by atoms with Crippen LogP contribution in [0.2, 0.25) is 0 Å². The fraction of sp³-hybridized carbons (Fsp3) is 0.167. The summed E-state index contributed by atoms with van der Waals surface area (Å²) in [6.45, 7) is 0. The summed E-state index contributed by atoms with van der Waals surface area (Å²) in [5.41, 5.74) is 1.17. The maximum Gasteiger partial charge on any atom is 0.265 e. The molecule has 0 aliphatic rings. The summed E-state index contributed by atoms with van der Waals surface area (Å²) in [5, 5.41) is 18.6. The Morgan fingerprint density at radius 3 is 2.62 bits per heavy atom. The number of hydrogen-bond donors (Lipinski definition) is 1. The molecule has 122 valence electrons. The van der Waals surface area contributed by atoms with Crippen LogP contribution in [-0.4, -0.2) is 21.3 Å². The second-order valence-corrected chi connectivity index (χ2v) is 6.42. The molecule has 3 aromatic rings. The number of aromatic hydroxyl groups is 1. The molecule has 3 rings (SSSR count). The van der Waals surface area contributed by atoms with Crippen molar-refractivity contribution in [1.82, 2.24) is 4.57 Å². The number of carbonyl (C=O) groups excluding carboxylic acids is 1. The van der Waals surface area contributed by atoms with Crippen molar-refractivity contribution in [3.63, 3.8) is 0 Å². The number of aromatic nitrogens is 1. The molecule has 0 saturated carbocycles. The predicted molar refractivity (Wildman–Crippen MR) is 95.9 cm³/mol. The highest BCUT2D eigenvalue weighted by atomic mass is 32.2. The molecule has 1 heterocycles. The van der Waals surface area contributed by atoms with E-state index in [1.807, 2.05) is 54.6 Å². The number of hydrogen-bond acceptors (Lipinski definition) is 4. The first-order chi connectivity index (χ1) is 11.7. The van der Waals surface area contributed by atoms with Gasteiger partial charge in [0.1, 0.15) is 0 Å². The molecule has 1 amide bonds. The zero-order valence-electron chi connectivity index (χ0n) is 13.2. The second kappa shape index (κ2) is 7.31. The zero-order valence-corrected chi connectivity index (χ0v) is 14.0. The van der Waals surface area contributed by atoms with E-state index >= 15 is 0 Å². The maximum atomic E-state index is 11.9. The van der Waals surface area contributed by atoms with Crippen LogP contribution in [-0.2, 0) is 11.8 Å². The van der Waals surface area contributed by atoms with Gasteiger partial charge >= 0.3 is 0 Å². The largest absolute Gasteiger partial charge is 0.493 e. The van der Waals surface area contributed by atoms with E-state index in [1.54, 1.807) is 23.4 Å². The monoisotopic (exact) mass is 339 g/mol. The molecule has 5 nitrogen and oxygen atoms in total. The van der Waals surface area contributed by atoms with Gasteiger partial charge < -0.3 is 9.67 Å². The van der Waals surface area contributed by atoms with Crippen LogP contribution in [0.1, 0.15) is 6.42 Å². The number of aryl methyl sites for hydroxylation is 1. The van der Waals surface area contributed by atoms with Crippen LogP contribution < -0.4 is 0 Å². The van der Waals surface area contributed by atoms with Gasteiger partial charge in [0, 0.05) is 29.5 Å². The molecule has 6 heteroatoms. The average Bonchev–Trinajstić information content (AvgIpc) is 2.85. The number of carbonyl (C=O) groups is 1. The number of amides is 1. The molecule has 0 unspecified atom stereocenters. The summed E-state index contributed by atoms with van der Waals surface area (Å²) >= 11 is 1.60. The van der Waals surface area contributed by atoms with Crippen molar-refractivity contribution in [2.45, 2.75) is 11.3 Å². The van der Waals surface area contributed by atoms with Crippen LogP contribution in [0.15, 0.2) is 69.7 Å². The number of benzene rings is 2. The Bertz CT molecular complexity index is 888. The van der Waals surface area contributed by atoms with Crippen LogP contribution in [0, 0.1) is 0 Å². The SMILES string of the molecule is Cn1c(O)c(N=NC(=O)CCSc2ccccc2)c2ccccc21. The lowest BCUT2D eigenvalue weighted by atomic mass is 10.2. The normalized spacial score (nSPS) is 11.4.